The molecule has 5 rings (SSSR count). The van der Waals surface area contributed by atoms with Gasteiger partial charge in [-0.2, -0.15) is 0 Å². The number of nitrogens with one attached hydrogen (secondary N) is 2. The Morgan fingerprint density at radius 1 is 1.28 bits per heavy atom. The first kappa shape index (κ1) is 24.3. The van der Waals surface area contributed by atoms with Crippen molar-refractivity contribution in [1.29, 1.82) is 0 Å². The van der Waals surface area contributed by atoms with E-state index >= 15 is 0 Å². The van der Waals surface area contributed by atoms with Gasteiger partial charge in [0.05, 0.1) is 29.4 Å². The van der Waals surface area contributed by atoms with Gasteiger partial charge in [0.1, 0.15) is 29.9 Å². The summed E-state index contributed by atoms with van der Waals surface area (Å²) in [5, 5.41) is 3.75. The fourth-order valence-electron chi connectivity index (χ4n) is 4.53. The Bertz CT molecular complexity index is 1360. The van der Waals surface area contributed by atoms with Crippen molar-refractivity contribution in [3.8, 4) is 5.75 Å². The highest BCUT2D eigenvalue weighted by Crippen LogP contribution is 2.30. The summed E-state index contributed by atoms with van der Waals surface area (Å²) in [6, 6.07) is 9.50. The number of H-pyrrole nitrogens is 1. The van der Waals surface area contributed by atoms with Gasteiger partial charge in [-0.3, -0.25) is 4.79 Å². The predicted octanol–water partition coefficient (Wildman–Crippen LogP) is 3.36. The van der Waals surface area contributed by atoms with Gasteiger partial charge in [0.25, 0.3) is 5.91 Å². The van der Waals surface area contributed by atoms with Gasteiger partial charge in [0.15, 0.2) is 11.5 Å². The summed E-state index contributed by atoms with van der Waals surface area (Å²) < 4.78 is 11.9. The molecule has 2 unspecified atom stereocenters. The van der Waals surface area contributed by atoms with Crippen LogP contribution in [-0.2, 0) is 4.74 Å². The molecule has 11 heteroatoms. The molecule has 1 amide bonds. The zero-order valence-electron chi connectivity index (χ0n) is 20.2. The zero-order chi connectivity index (χ0) is 25.1. The standard InChI is InChI=1S/C25H29N7O3S/c1-15(35-16(2)36)11-26-25(33)20-10-21(18-7-3-4-8-19(18)31-20)34-12-17-6-5-9-32(17)24-22-23(28-13-27-22)29-14-30-24/h3-4,7-8,10,13-17,36H,5-6,9,11-12H2,1-2H3,(H,26,33)(H,27,28,29,30)/t15?,16?,17-/m1/s1. The molecule has 1 fully saturated rings. The number of fused-ring (bicyclic) bond motifs is 2. The number of para-hydroxylation sites is 1. The number of aromatic amines is 1. The van der Waals surface area contributed by atoms with Crippen molar-refractivity contribution in [2.24, 2.45) is 0 Å². The molecule has 4 heterocycles. The average molecular weight is 508 g/mol. The van der Waals surface area contributed by atoms with E-state index < -0.39 is 0 Å². The maximum absolute atomic E-state index is 12.9. The number of hydrogen-bond donors (Lipinski definition) is 3. The summed E-state index contributed by atoms with van der Waals surface area (Å²) in [6.45, 7) is 5.39. The van der Waals surface area contributed by atoms with Crippen molar-refractivity contribution in [3.05, 3.63) is 48.7 Å². The maximum atomic E-state index is 12.9. The van der Waals surface area contributed by atoms with Gasteiger partial charge in [-0.15, -0.1) is 12.6 Å². The number of amides is 1. The second-order valence-corrected chi connectivity index (χ2v) is 9.60. The van der Waals surface area contributed by atoms with Crippen molar-refractivity contribution in [2.45, 2.75) is 44.3 Å². The minimum Gasteiger partial charge on any atom is -0.491 e. The van der Waals surface area contributed by atoms with Crippen LogP contribution in [0.15, 0.2) is 43.0 Å². The molecule has 1 aromatic carbocycles. The molecule has 0 aliphatic carbocycles. The Morgan fingerprint density at radius 2 is 2.14 bits per heavy atom. The number of rotatable bonds is 9. The normalized spacial score (nSPS) is 17.4. The van der Waals surface area contributed by atoms with Crippen LogP contribution in [0, 0.1) is 0 Å². The van der Waals surface area contributed by atoms with E-state index in [4.69, 9.17) is 9.47 Å². The summed E-state index contributed by atoms with van der Waals surface area (Å²) >= 11 is 4.23. The van der Waals surface area contributed by atoms with Gasteiger partial charge in [0.2, 0.25) is 0 Å². The third-order valence-electron chi connectivity index (χ3n) is 6.17. The molecule has 1 aliphatic heterocycles. The van der Waals surface area contributed by atoms with E-state index in [2.05, 4.69) is 47.8 Å². The molecule has 3 atom stereocenters. The highest BCUT2D eigenvalue weighted by Gasteiger charge is 2.28. The van der Waals surface area contributed by atoms with Gasteiger partial charge in [-0.05, 0) is 38.8 Å². The Hall–Kier alpha value is -3.44. The average Bonchev–Trinajstić information content (AvgIpc) is 3.54. The van der Waals surface area contributed by atoms with Gasteiger partial charge in [0, 0.05) is 24.5 Å². The van der Waals surface area contributed by atoms with Gasteiger partial charge in [-0.1, -0.05) is 12.1 Å². The van der Waals surface area contributed by atoms with E-state index in [1.165, 1.54) is 0 Å². The number of thiol groups is 1. The molecule has 2 N–H and O–H groups in total. The van der Waals surface area contributed by atoms with Crippen molar-refractivity contribution < 1.29 is 14.3 Å². The van der Waals surface area contributed by atoms with Crippen molar-refractivity contribution in [3.63, 3.8) is 0 Å². The van der Waals surface area contributed by atoms with Gasteiger partial charge in [-0.25, -0.2) is 19.9 Å². The molecule has 36 heavy (non-hydrogen) atoms. The highest BCUT2D eigenvalue weighted by molar-refractivity contribution is 7.80. The van der Waals surface area contributed by atoms with Crippen LogP contribution in [0.2, 0.25) is 0 Å². The number of aromatic nitrogens is 5. The molecule has 1 saturated heterocycles. The fourth-order valence-corrected chi connectivity index (χ4v) is 4.74. The smallest absolute Gasteiger partial charge is 0.270 e. The lowest BCUT2D eigenvalue weighted by molar-refractivity contribution is 0.0546. The van der Waals surface area contributed by atoms with E-state index in [1.807, 2.05) is 38.1 Å². The van der Waals surface area contributed by atoms with Crippen molar-refractivity contribution in [1.82, 2.24) is 30.2 Å². The molecule has 4 aromatic rings. The van der Waals surface area contributed by atoms with Crippen LogP contribution in [0.3, 0.4) is 0 Å². The lowest BCUT2D eigenvalue weighted by atomic mass is 10.1. The number of pyridine rings is 1. The molecular formula is C25H29N7O3S. The number of carbonyl (C=O) groups excluding carboxylic acids is 1. The third kappa shape index (κ3) is 5.21. The first-order valence-corrected chi connectivity index (χ1v) is 12.6. The Kier molecular flexibility index (Phi) is 7.19. The number of benzene rings is 1. The van der Waals surface area contributed by atoms with E-state index in [1.54, 1.807) is 18.7 Å². The lowest BCUT2D eigenvalue weighted by Gasteiger charge is -2.26. The molecule has 0 saturated carbocycles. The van der Waals surface area contributed by atoms with Crippen LogP contribution >= 0.6 is 12.6 Å². The number of imidazole rings is 1. The summed E-state index contributed by atoms with van der Waals surface area (Å²) in [5.41, 5.74) is 2.26. The van der Waals surface area contributed by atoms with Crippen LogP contribution in [0.1, 0.15) is 37.2 Å². The molecule has 0 radical (unpaired) electrons. The molecule has 188 valence electrons. The minimum atomic E-state index is -0.280. The van der Waals surface area contributed by atoms with E-state index in [-0.39, 0.29) is 23.5 Å². The summed E-state index contributed by atoms with van der Waals surface area (Å²) in [6.07, 6.45) is 5.00. The summed E-state index contributed by atoms with van der Waals surface area (Å²) in [5.74, 6) is 1.17. The second-order valence-electron chi connectivity index (χ2n) is 8.88. The first-order chi connectivity index (χ1) is 17.5. The number of nitrogens with zero attached hydrogens (tertiary/aromatic N) is 5. The van der Waals surface area contributed by atoms with Crippen molar-refractivity contribution >= 4 is 46.4 Å². The second kappa shape index (κ2) is 10.7. The number of ether oxygens (including phenoxy) is 2. The zero-order valence-corrected chi connectivity index (χ0v) is 21.1. The monoisotopic (exact) mass is 507 g/mol. The molecule has 1 aliphatic rings. The molecule has 10 nitrogen and oxygen atoms in total. The van der Waals surface area contributed by atoms with E-state index in [9.17, 15) is 4.79 Å². The molecule has 3 aromatic heterocycles. The minimum absolute atomic E-state index is 0.122. The molecular weight excluding hydrogens is 478 g/mol. The largest absolute Gasteiger partial charge is 0.491 e. The number of carbonyl (C=O) groups is 1. The summed E-state index contributed by atoms with van der Waals surface area (Å²) in [4.78, 5) is 35.8. The van der Waals surface area contributed by atoms with Gasteiger partial charge < -0.3 is 24.7 Å². The quantitative estimate of drug-likeness (QED) is 0.233. The van der Waals surface area contributed by atoms with Crippen LogP contribution in [0.4, 0.5) is 5.82 Å². The van der Waals surface area contributed by atoms with Crippen molar-refractivity contribution in [2.75, 3.05) is 24.6 Å². The SMILES string of the molecule is CC(S)OC(C)CNC(=O)c1cc(OC[C@H]2CCCN2c2ncnc3nc[nH]c23)c2ccccc2n1. The van der Waals surface area contributed by atoms with Gasteiger partial charge >= 0.3 is 0 Å². The van der Waals surface area contributed by atoms with Crippen LogP contribution in [0.25, 0.3) is 22.1 Å². The van der Waals surface area contributed by atoms with E-state index in [0.717, 1.165) is 36.1 Å². The Morgan fingerprint density at radius 3 is 3.00 bits per heavy atom. The molecule has 0 spiro atoms. The Labute approximate surface area is 214 Å². The highest BCUT2D eigenvalue weighted by atomic mass is 32.1. The third-order valence-corrected chi connectivity index (χ3v) is 6.30. The van der Waals surface area contributed by atoms with Crippen LogP contribution in [-0.4, -0.2) is 68.1 Å². The Balaban J connectivity index is 1.34. The van der Waals surface area contributed by atoms with Crippen LogP contribution in [0.5, 0.6) is 5.75 Å². The summed E-state index contributed by atoms with van der Waals surface area (Å²) in [7, 11) is 0. The first-order valence-electron chi connectivity index (χ1n) is 12.0. The number of anilines is 1. The predicted molar refractivity (Wildman–Crippen MR) is 141 cm³/mol. The topological polar surface area (TPSA) is 118 Å². The van der Waals surface area contributed by atoms with E-state index in [0.29, 0.717) is 35.8 Å². The lowest BCUT2D eigenvalue weighted by Crippen LogP contribution is -2.35. The molecule has 0 bridgehead atoms. The maximum Gasteiger partial charge on any atom is 0.270 e. The number of hydrogen-bond acceptors (Lipinski definition) is 9. The van der Waals surface area contributed by atoms with Crippen LogP contribution < -0.4 is 15.0 Å². The fraction of sp³-hybridized carbons (Fsp3) is 0.400.